The Kier molecular flexibility index (Phi) is 3.72. The number of H-pyrrole nitrogens is 1. The van der Waals surface area contributed by atoms with E-state index in [0.717, 1.165) is 26.4 Å². The van der Waals surface area contributed by atoms with E-state index < -0.39 is 0 Å². The topological polar surface area (TPSA) is 83.8 Å². The van der Waals surface area contributed by atoms with Gasteiger partial charge in [0, 0.05) is 52.6 Å². The third-order valence-electron chi connectivity index (χ3n) is 3.39. The summed E-state index contributed by atoms with van der Waals surface area (Å²) in [5.41, 5.74) is 8.07. The van der Waals surface area contributed by atoms with Crippen LogP contribution in [0, 0.1) is 0 Å². The van der Waals surface area contributed by atoms with Gasteiger partial charge < -0.3 is 16.0 Å². The van der Waals surface area contributed by atoms with Gasteiger partial charge in [0.1, 0.15) is 5.65 Å². The van der Waals surface area contributed by atoms with Crippen LogP contribution in [0.1, 0.15) is 17.3 Å². The van der Waals surface area contributed by atoms with E-state index in [0.29, 0.717) is 6.42 Å². The van der Waals surface area contributed by atoms with Crippen molar-refractivity contribution in [3.8, 4) is 10.4 Å². The fourth-order valence-corrected chi connectivity index (χ4v) is 3.30. The van der Waals surface area contributed by atoms with Crippen LogP contribution in [0.2, 0.25) is 0 Å². The summed E-state index contributed by atoms with van der Waals surface area (Å²) in [6.45, 7) is 0. The molecule has 0 radical (unpaired) electrons. The number of amides is 1. The lowest BCUT2D eigenvalue weighted by molar-refractivity contribution is -0.120. The number of aromatic amines is 1. The van der Waals surface area contributed by atoms with E-state index >= 15 is 0 Å². The van der Waals surface area contributed by atoms with Crippen LogP contribution in [0.25, 0.3) is 21.5 Å². The van der Waals surface area contributed by atoms with Crippen LogP contribution in [0.4, 0.5) is 0 Å². The molecule has 0 bridgehead atoms. The van der Waals surface area contributed by atoms with Crippen molar-refractivity contribution in [1.82, 2.24) is 15.3 Å². The number of rotatable bonds is 4. The summed E-state index contributed by atoms with van der Waals surface area (Å²) < 4.78 is 0. The molecule has 0 saturated heterocycles. The molecule has 3 aromatic heterocycles. The largest absolute Gasteiger partial charge is 0.359 e. The van der Waals surface area contributed by atoms with Crippen molar-refractivity contribution in [3.63, 3.8) is 0 Å². The second kappa shape index (κ2) is 5.67. The average Bonchev–Trinajstić information content (AvgIpc) is 3.13. The molecule has 0 spiro atoms. The molecule has 3 heterocycles. The van der Waals surface area contributed by atoms with E-state index in [9.17, 15) is 4.79 Å². The van der Waals surface area contributed by atoms with Crippen molar-refractivity contribution in [1.29, 1.82) is 0 Å². The third kappa shape index (κ3) is 2.68. The first-order valence-electron chi connectivity index (χ1n) is 6.67. The smallest absolute Gasteiger partial charge is 0.221 e. The van der Waals surface area contributed by atoms with E-state index in [4.69, 9.17) is 5.73 Å². The van der Waals surface area contributed by atoms with E-state index in [-0.39, 0.29) is 11.9 Å². The van der Waals surface area contributed by atoms with Gasteiger partial charge in [0.15, 0.2) is 0 Å². The average molecular weight is 300 g/mol. The number of fused-ring (bicyclic) bond motifs is 1. The standard InChI is InChI=1S/C15H16N4OS/c1-17-14(20)7-11(16)13-5-4-12(21-13)10-8-19-15-9(10)3-2-6-18-15/h2-6,8,11H,7,16H2,1H3,(H,17,20)(H,18,19)/t11-/m1/s1. The van der Waals surface area contributed by atoms with Crippen LogP contribution in [-0.2, 0) is 4.79 Å². The highest BCUT2D eigenvalue weighted by atomic mass is 32.1. The number of nitrogens with two attached hydrogens (primary N) is 1. The second-order valence-corrected chi connectivity index (χ2v) is 5.90. The number of nitrogens with one attached hydrogen (secondary N) is 2. The number of hydrogen-bond acceptors (Lipinski definition) is 4. The Labute approximate surface area is 126 Å². The molecule has 3 rings (SSSR count). The number of carbonyl (C=O) groups is 1. The fourth-order valence-electron chi connectivity index (χ4n) is 2.26. The molecule has 1 amide bonds. The minimum absolute atomic E-state index is 0.0475. The van der Waals surface area contributed by atoms with Gasteiger partial charge in [-0.05, 0) is 24.3 Å². The molecular weight excluding hydrogens is 284 g/mol. The molecule has 1 atom stereocenters. The quantitative estimate of drug-likeness (QED) is 0.692. The van der Waals surface area contributed by atoms with Gasteiger partial charge in [-0.1, -0.05) is 0 Å². The van der Waals surface area contributed by atoms with E-state index in [1.165, 1.54) is 0 Å². The summed E-state index contributed by atoms with van der Waals surface area (Å²) in [5.74, 6) is -0.0475. The highest BCUT2D eigenvalue weighted by Gasteiger charge is 2.15. The Morgan fingerprint density at radius 3 is 3.14 bits per heavy atom. The van der Waals surface area contributed by atoms with Crippen LogP contribution >= 0.6 is 11.3 Å². The van der Waals surface area contributed by atoms with Gasteiger partial charge in [0.2, 0.25) is 5.91 Å². The van der Waals surface area contributed by atoms with Gasteiger partial charge in [-0.25, -0.2) is 4.98 Å². The molecule has 4 N–H and O–H groups in total. The zero-order valence-electron chi connectivity index (χ0n) is 11.6. The third-order valence-corrected chi connectivity index (χ3v) is 4.64. The molecule has 0 aliphatic heterocycles. The number of carbonyl (C=O) groups excluding carboxylic acids is 1. The van der Waals surface area contributed by atoms with Crippen molar-refractivity contribution >= 4 is 28.3 Å². The fraction of sp³-hybridized carbons (Fsp3) is 0.200. The molecule has 0 aliphatic carbocycles. The summed E-state index contributed by atoms with van der Waals surface area (Å²) in [4.78, 5) is 21.0. The lowest BCUT2D eigenvalue weighted by Crippen LogP contribution is -2.23. The Morgan fingerprint density at radius 1 is 1.48 bits per heavy atom. The van der Waals surface area contributed by atoms with Crippen molar-refractivity contribution in [2.45, 2.75) is 12.5 Å². The molecule has 0 aromatic carbocycles. The Hall–Kier alpha value is -2.18. The number of hydrogen-bond donors (Lipinski definition) is 3. The summed E-state index contributed by atoms with van der Waals surface area (Å²) in [6, 6.07) is 7.72. The van der Waals surface area contributed by atoms with E-state index in [1.807, 2.05) is 30.5 Å². The first kappa shape index (κ1) is 13.8. The maximum absolute atomic E-state index is 11.4. The maximum Gasteiger partial charge on any atom is 0.221 e. The summed E-state index contributed by atoms with van der Waals surface area (Å²) in [5, 5.41) is 3.69. The first-order valence-corrected chi connectivity index (χ1v) is 7.49. The Morgan fingerprint density at radius 2 is 2.33 bits per heavy atom. The molecule has 0 saturated carbocycles. The molecule has 0 unspecified atom stereocenters. The van der Waals surface area contributed by atoms with Gasteiger partial charge in [-0.15, -0.1) is 11.3 Å². The van der Waals surface area contributed by atoms with E-state index in [1.54, 1.807) is 24.6 Å². The molecule has 5 nitrogen and oxygen atoms in total. The highest BCUT2D eigenvalue weighted by Crippen LogP contribution is 2.35. The molecule has 6 heteroatoms. The Balaban J connectivity index is 1.89. The summed E-state index contributed by atoms with van der Waals surface area (Å²) >= 11 is 1.61. The van der Waals surface area contributed by atoms with Gasteiger partial charge in [-0.2, -0.15) is 0 Å². The zero-order chi connectivity index (χ0) is 14.8. The van der Waals surface area contributed by atoms with Crippen LogP contribution < -0.4 is 11.1 Å². The predicted molar refractivity (Wildman–Crippen MR) is 85.0 cm³/mol. The van der Waals surface area contributed by atoms with Crippen molar-refractivity contribution in [2.24, 2.45) is 5.73 Å². The van der Waals surface area contributed by atoms with Crippen molar-refractivity contribution < 1.29 is 4.79 Å². The summed E-state index contributed by atoms with van der Waals surface area (Å²) in [6.07, 6.45) is 4.02. The highest BCUT2D eigenvalue weighted by molar-refractivity contribution is 7.15. The van der Waals surface area contributed by atoms with Crippen LogP contribution in [0.3, 0.4) is 0 Å². The van der Waals surface area contributed by atoms with Gasteiger partial charge >= 0.3 is 0 Å². The number of nitrogens with zero attached hydrogens (tertiary/aromatic N) is 1. The maximum atomic E-state index is 11.4. The van der Waals surface area contributed by atoms with Crippen molar-refractivity contribution in [3.05, 3.63) is 41.5 Å². The number of pyridine rings is 1. The predicted octanol–water partition coefficient (Wildman–Crippen LogP) is 2.43. The molecule has 0 aliphatic rings. The monoisotopic (exact) mass is 300 g/mol. The molecule has 108 valence electrons. The molecule has 0 fully saturated rings. The van der Waals surface area contributed by atoms with Crippen molar-refractivity contribution in [2.75, 3.05) is 7.05 Å². The lowest BCUT2D eigenvalue weighted by Gasteiger charge is -2.07. The zero-order valence-corrected chi connectivity index (χ0v) is 12.4. The SMILES string of the molecule is CNC(=O)C[C@@H](N)c1ccc(-c2c[nH]c3ncccc23)s1. The van der Waals surface area contributed by atoms with Crippen LogP contribution in [0.15, 0.2) is 36.7 Å². The molecule has 21 heavy (non-hydrogen) atoms. The minimum atomic E-state index is -0.271. The second-order valence-electron chi connectivity index (χ2n) is 4.79. The van der Waals surface area contributed by atoms with E-state index in [2.05, 4.69) is 15.3 Å². The normalized spacial score (nSPS) is 12.5. The lowest BCUT2D eigenvalue weighted by atomic mass is 10.1. The van der Waals surface area contributed by atoms with Crippen LogP contribution in [0.5, 0.6) is 0 Å². The number of thiophene rings is 1. The summed E-state index contributed by atoms with van der Waals surface area (Å²) in [7, 11) is 1.62. The van der Waals surface area contributed by atoms with Gasteiger partial charge in [0.25, 0.3) is 0 Å². The van der Waals surface area contributed by atoms with Crippen LogP contribution in [-0.4, -0.2) is 22.9 Å². The van der Waals surface area contributed by atoms with Gasteiger partial charge in [-0.3, -0.25) is 4.79 Å². The molecule has 3 aromatic rings. The van der Waals surface area contributed by atoms with Gasteiger partial charge in [0.05, 0.1) is 0 Å². The molecular formula is C15H16N4OS. The Bertz CT molecular complexity index is 777. The minimum Gasteiger partial charge on any atom is -0.359 e. The number of aromatic nitrogens is 2. The first-order chi connectivity index (χ1) is 10.2.